The minimum Gasteiger partial charge on any atom is -0.480 e. The molecule has 3 nitrogen and oxygen atoms in total. The molecular formula is C18H13NO2S. The van der Waals surface area contributed by atoms with E-state index >= 15 is 0 Å². The molecule has 0 N–H and O–H groups in total. The second kappa shape index (κ2) is 5.39. The van der Waals surface area contributed by atoms with Gasteiger partial charge in [-0.25, -0.2) is 0 Å². The Hall–Kier alpha value is -2.46. The van der Waals surface area contributed by atoms with Crippen LogP contribution in [0.15, 0.2) is 65.8 Å². The Balaban J connectivity index is 1.89. The molecule has 0 saturated heterocycles. The van der Waals surface area contributed by atoms with Crippen LogP contribution in [0.25, 0.3) is 10.4 Å². The van der Waals surface area contributed by atoms with E-state index in [9.17, 15) is 4.91 Å². The lowest BCUT2D eigenvalue weighted by Crippen LogP contribution is -2.13. The monoisotopic (exact) mass is 307 g/mol. The number of ether oxygens (including phenoxy) is 1. The minimum absolute atomic E-state index is 0.136. The van der Waals surface area contributed by atoms with Crippen LogP contribution in [0.3, 0.4) is 0 Å². The summed E-state index contributed by atoms with van der Waals surface area (Å²) in [6.45, 7) is 0.210. The lowest BCUT2D eigenvalue weighted by atomic mass is 9.96. The van der Waals surface area contributed by atoms with Gasteiger partial charge in [0.15, 0.2) is 6.10 Å². The first-order valence-electron chi connectivity index (χ1n) is 7.09. The molecule has 0 spiro atoms. The van der Waals surface area contributed by atoms with Crippen molar-refractivity contribution in [3.05, 3.63) is 81.6 Å². The molecule has 1 atom stereocenters. The average Bonchev–Trinajstić information content (AvgIpc) is 2.99. The molecule has 0 fully saturated rings. The molecule has 2 heterocycles. The van der Waals surface area contributed by atoms with Crippen LogP contribution in [0.4, 0.5) is 0 Å². The van der Waals surface area contributed by atoms with Gasteiger partial charge < -0.3 is 4.74 Å². The molecule has 0 saturated carbocycles. The summed E-state index contributed by atoms with van der Waals surface area (Å²) < 4.78 is 6.23. The SMILES string of the molecule is O=NCc1cc2c(s1)-c1ccccc1OC2c1ccccc1. The first-order chi connectivity index (χ1) is 10.9. The fourth-order valence-corrected chi connectivity index (χ4v) is 3.96. The zero-order valence-electron chi connectivity index (χ0n) is 11.7. The third kappa shape index (κ3) is 2.12. The van der Waals surface area contributed by atoms with E-state index in [-0.39, 0.29) is 12.6 Å². The fraction of sp³-hybridized carbons (Fsp3) is 0.111. The number of benzene rings is 2. The van der Waals surface area contributed by atoms with E-state index in [0.717, 1.165) is 27.3 Å². The predicted molar refractivity (Wildman–Crippen MR) is 88.2 cm³/mol. The zero-order valence-corrected chi connectivity index (χ0v) is 12.5. The summed E-state index contributed by atoms with van der Waals surface area (Å²) in [4.78, 5) is 12.8. The lowest BCUT2D eigenvalue weighted by molar-refractivity contribution is 0.244. The van der Waals surface area contributed by atoms with E-state index in [1.807, 2.05) is 36.4 Å². The summed E-state index contributed by atoms with van der Waals surface area (Å²) in [7, 11) is 0. The van der Waals surface area contributed by atoms with E-state index in [4.69, 9.17) is 4.74 Å². The van der Waals surface area contributed by atoms with Crippen molar-refractivity contribution in [2.24, 2.45) is 5.18 Å². The highest BCUT2D eigenvalue weighted by molar-refractivity contribution is 7.15. The summed E-state index contributed by atoms with van der Waals surface area (Å²) in [5, 5.41) is 3.02. The smallest absolute Gasteiger partial charge is 0.150 e. The molecule has 22 heavy (non-hydrogen) atoms. The number of hydrogen-bond donors (Lipinski definition) is 0. The largest absolute Gasteiger partial charge is 0.480 e. The standard InChI is InChI=1S/C18H13NO2S/c20-19-11-13-10-15-17(12-6-2-1-3-7-12)21-16-9-5-4-8-14(16)18(15)22-13/h1-10,17H,11H2. The van der Waals surface area contributed by atoms with Gasteiger partial charge in [-0.3, -0.25) is 0 Å². The number of rotatable bonds is 3. The number of nitrogens with zero attached hydrogens (tertiary/aromatic N) is 1. The number of nitroso groups, excluding NO2 is 1. The lowest BCUT2D eigenvalue weighted by Gasteiger charge is -2.26. The van der Waals surface area contributed by atoms with Crippen molar-refractivity contribution in [2.45, 2.75) is 12.6 Å². The summed E-state index contributed by atoms with van der Waals surface area (Å²) in [5.41, 5.74) is 3.32. The van der Waals surface area contributed by atoms with Crippen molar-refractivity contribution < 1.29 is 4.74 Å². The van der Waals surface area contributed by atoms with Gasteiger partial charge in [0.05, 0.1) is 0 Å². The van der Waals surface area contributed by atoms with E-state index < -0.39 is 0 Å². The molecule has 108 valence electrons. The van der Waals surface area contributed by atoms with E-state index in [2.05, 4.69) is 29.4 Å². The molecule has 1 aliphatic rings. The molecule has 1 aromatic heterocycles. The Labute approximate surface area is 132 Å². The Bertz CT molecular complexity index is 826. The molecular weight excluding hydrogens is 294 g/mol. The number of thiophene rings is 1. The van der Waals surface area contributed by atoms with Gasteiger partial charge in [-0.1, -0.05) is 47.6 Å². The van der Waals surface area contributed by atoms with Crippen molar-refractivity contribution in [3.63, 3.8) is 0 Å². The molecule has 0 amide bonds. The highest BCUT2D eigenvalue weighted by Crippen LogP contribution is 2.48. The maximum absolute atomic E-state index is 10.6. The highest BCUT2D eigenvalue weighted by atomic mass is 32.1. The Morgan fingerprint density at radius 1 is 1.05 bits per heavy atom. The number of para-hydroxylation sites is 1. The van der Waals surface area contributed by atoms with Gasteiger partial charge in [-0.2, -0.15) is 4.91 Å². The van der Waals surface area contributed by atoms with Gasteiger partial charge in [0.25, 0.3) is 0 Å². The molecule has 1 aliphatic heterocycles. The van der Waals surface area contributed by atoms with Crippen LogP contribution < -0.4 is 4.74 Å². The van der Waals surface area contributed by atoms with Gasteiger partial charge in [-0.15, -0.1) is 11.3 Å². The molecule has 3 aromatic rings. The maximum Gasteiger partial charge on any atom is 0.150 e. The van der Waals surface area contributed by atoms with Gasteiger partial charge in [0, 0.05) is 20.9 Å². The molecule has 1 unspecified atom stereocenters. The van der Waals surface area contributed by atoms with Gasteiger partial charge in [0.1, 0.15) is 12.3 Å². The summed E-state index contributed by atoms with van der Waals surface area (Å²) in [6.07, 6.45) is -0.136. The summed E-state index contributed by atoms with van der Waals surface area (Å²) >= 11 is 1.63. The molecule has 0 aliphatic carbocycles. The number of hydrogen-bond acceptors (Lipinski definition) is 4. The first-order valence-corrected chi connectivity index (χ1v) is 7.91. The van der Waals surface area contributed by atoms with Crippen LogP contribution in [-0.4, -0.2) is 0 Å². The normalized spacial score (nSPS) is 15.5. The predicted octanol–water partition coefficient (Wildman–Crippen LogP) is 5.16. The van der Waals surface area contributed by atoms with Crippen LogP contribution >= 0.6 is 11.3 Å². The topological polar surface area (TPSA) is 38.7 Å². The molecule has 0 bridgehead atoms. The van der Waals surface area contributed by atoms with Crippen LogP contribution in [0.1, 0.15) is 22.1 Å². The third-order valence-electron chi connectivity index (χ3n) is 3.79. The molecule has 4 rings (SSSR count). The number of fused-ring (bicyclic) bond motifs is 3. The average molecular weight is 307 g/mol. The zero-order chi connectivity index (χ0) is 14.9. The second-order valence-corrected chi connectivity index (χ2v) is 6.33. The van der Waals surface area contributed by atoms with E-state index in [1.165, 1.54) is 4.88 Å². The van der Waals surface area contributed by atoms with Crippen molar-refractivity contribution >= 4 is 11.3 Å². The van der Waals surface area contributed by atoms with Crippen molar-refractivity contribution in [1.29, 1.82) is 0 Å². The summed E-state index contributed by atoms with van der Waals surface area (Å²) in [5.74, 6) is 0.885. The van der Waals surface area contributed by atoms with Gasteiger partial charge in [-0.05, 0) is 23.8 Å². The Morgan fingerprint density at radius 3 is 2.64 bits per heavy atom. The van der Waals surface area contributed by atoms with Crippen LogP contribution in [0.2, 0.25) is 0 Å². The minimum atomic E-state index is -0.136. The maximum atomic E-state index is 10.6. The highest BCUT2D eigenvalue weighted by Gasteiger charge is 2.29. The summed E-state index contributed by atoms with van der Waals surface area (Å²) in [6, 6.07) is 20.2. The molecule has 0 radical (unpaired) electrons. The van der Waals surface area contributed by atoms with Crippen LogP contribution in [-0.2, 0) is 6.54 Å². The van der Waals surface area contributed by atoms with Crippen molar-refractivity contribution in [3.8, 4) is 16.2 Å². The van der Waals surface area contributed by atoms with E-state index in [0.29, 0.717) is 0 Å². The Morgan fingerprint density at radius 2 is 1.82 bits per heavy atom. The van der Waals surface area contributed by atoms with E-state index in [1.54, 1.807) is 11.3 Å². The quantitative estimate of drug-likeness (QED) is 0.627. The second-order valence-electron chi connectivity index (χ2n) is 5.19. The third-order valence-corrected chi connectivity index (χ3v) is 4.96. The van der Waals surface area contributed by atoms with Crippen LogP contribution in [0, 0.1) is 4.91 Å². The van der Waals surface area contributed by atoms with Gasteiger partial charge in [0.2, 0.25) is 0 Å². The van der Waals surface area contributed by atoms with Crippen molar-refractivity contribution in [2.75, 3.05) is 0 Å². The Kier molecular flexibility index (Phi) is 3.24. The van der Waals surface area contributed by atoms with Gasteiger partial charge >= 0.3 is 0 Å². The van der Waals surface area contributed by atoms with Crippen molar-refractivity contribution in [1.82, 2.24) is 0 Å². The molecule has 2 aromatic carbocycles. The van der Waals surface area contributed by atoms with Crippen LogP contribution in [0.5, 0.6) is 5.75 Å². The first kappa shape index (κ1) is 13.2. The fourth-order valence-electron chi connectivity index (χ4n) is 2.83. The molecule has 4 heteroatoms.